The molecule has 0 bridgehead atoms. The Kier molecular flexibility index (Phi) is 6.06. The lowest BCUT2D eigenvalue weighted by Gasteiger charge is -2.10. The van der Waals surface area contributed by atoms with Crippen molar-refractivity contribution in [3.05, 3.63) is 176 Å². The maximum absolute atomic E-state index is 5.20. The van der Waals surface area contributed by atoms with Crippen LogP contribution in [0.5, 0.6) is 0 Å². The fourth-order valence-electron chi connectivity index (χ4n) is 7.72. The van der Waals surface area contributed by atoms with E-state index in [-0.39, 0.29) is 0 Å². The molecule has 0 aliphatic carbocycles. The standard InChI is InChI=1S/C45H30N4/c1-29-18-23-44(47-28-39-45-30(24-25-46-39)10-9-15-34(29)45)49-41-17-8-6-14-36(41)38-27-32(20-22-43(38)49)31-19-21-42-37(26-31)35-13-5-7-16-40(35)48(42)33-11-3-2-4-12-33/h2-27H,1,28H2/b23-18-,47-44?. The van der Waals surface area contributed by atoms with E-state index in [1.165, 1.54) is 43.7 Å². The molecule has 4 heterocycles. The fraction of sp³-hybridized carbons (Fsp3) is 0.0222. The molecule has 3 aromatic heterocycles. The number of pyridine rings is 1. The number of hydrogen-bond acceptors (Lipinski definition) is 2. The number of allylic oxidation sites excluding steroid dienone is 3. The summed E-state index contributed by atoms with van der Waals surface area (Å²) in [6.45, 7) is 4.92. The summed E-state index contributed by atoms with van der Waals surface area (Å²) in [6.07, 6.45) is 6.07. The van der Waals surface area contributed by atoms with Crippen molar-refractivity contribution in [3.8, 4) is 16.8 Å². The number of nitrogens with zero attached hydrogens (tertiary/aromatic N) is 4. The van der Waals surface area contributed by atoms with Crippen molar-refractivity contribution < 1.29 is 0 Å². The van der Waals surface area contributed by atoms with Gasteiger partial charge in [-0.3, -0.25) is 14.5 Å². The van der Waals surface area contributed by atoms with Gasteiger partial charge in [-0.15, -0.1) is 0 Å². The molecule has 1 aliphatic heterocycles. The van der Waals surface area contributed by atoms with Gasteiger partial charge in [-0.2, -0.15) is 0 Å². The Morgan fingerprint density at radius 2 is 1.16 bits per heavy atom. The van der Waals surface area contributed by atoms with Crippen LogP contribution in [0.3, 0.4) is 0 Å². The largest absolute Gasteiger partial charge is 0.309 e. The highest BCUT2D eigenvalue weighted by molar-refractivity contribution is 6.18. The van der Waals surface area contributed by atoms with E-state index in [4.69, 9.17) is 9.98 Å². The maximum Gasteiger partial charge on any atom is 0.133 e. The molecule has 0 radical (unpaired) electrons. The summed E-state index contributed by atoms with van der Waals surface area (Å²) in [6, 6.07) is 50.0. The minimum absolute atomic E-state index is 0.476. The molecule has 49 heavy (non-hydrogen) atoms. The van der Waals surface area contributed by atoms with Gasteiger partial charge in [0, 0.05) is 38.8 Å². The highest BCUT2D eigenvalue weighted by atomic mass is 15.1. The number of aliphatic imine (C=N–C) groups is 1. The average molecular weight is 627 g/mol. The minimum Gasteiger partial charge on any atom is -0.309 e. The summed E-state index contributed by atoms with van der Waals surface area (Å²) in [5.74, 6) is 0.863. The molecule has 4 heteroatoms. The van der Waals surface area contributed by atoms with Gasteiger partial charge < -0.3 is 4.57 Å². The summed E-state index contributed by atoms with van der Waals surface area (Å²) in [5, 5.41) is 7.16. The third kappa shape index (κ3) is 4.24. The molecule has 1 aliphatic rings. The molecule has 0 fully saturated rings. The third-order valence-corrected chi connectivity index (χ3v) is 9.96. The van der Waals surface area contributed by atoms with E-state index in [1.54, 1.807) is 0 Å². The average Bonchev–Trinajstić information content (AvgIpc) is 3.68. The van der Waals surface area contributed by atoms with Crippen LogP contribution in [0, 0.1) is 0 Å². The van der Waals surface area contributed by atoms with Crippen molar-refractivity contribution in [1.29, 1.82) is 0 Å². The lowest BCUT2D eigenvalue weighted by atomic mass is 9.98. The number of hydrogen-bond donors (Lipinski definition) is 0. The Balaban J connectivity index is 1.14. The Hall–Kier alpha value is -6.52. The molecular formula is C45H30N4. The first kappa shape index (κ1) is 27.6. The third-order valence-electron chi connectivity index (χ3n) is 9.96. The highest BCUT2D eigenvalue weighted by Crippen LogP contribution is 2.38. The van der Waals surface area contributed by atoms with Gasteiger partial charge in [0.1, 0.15) is 5.84 Å². The van der Waals surface area contributed by atoms with Crippen LogP contribution < -0.4 is 0 Å². The first-order chi connectivity index (χ1) is 24.2. The molecule has 9 aromatic rings. The topological polar surface area (TPSA) is 35.1 Å². The Bertz CT molecular complexity index is 2860. The van der Waals surface area contributed by atoms with E-state index < -0.39 is 0 Å². The van der Waals surface area contributed by atoms with Crippen molar-refractivity contribution in [1.82, 2.24) is 14.1 Å². The Labute approximate surface area is 283 Å². The zero-order valence-electron chi connectivity index (χ0n) is 26.7. The number of aromatic nitrogens is 3. The van der Waals surface area contributed by atoms with Crippen LogP contribution in [0.15, 0.2) is 169 Å². The molecule has 6 aromatic carbocycles. The lowest BCUT2D eigenvalue weighted by Crippen LogP contribution is -2.09. The van der Waals surface area contributed by atoms with E-state index in [1.807, 2.05) is 6.20 Å². The van der Waals surface area contributed by atoms with Crippen molar-refractivity contribution in [3.63, 3.8) is 0 Å². The second-order valence-corrected chi connectivity index (χ2v) is 12.7. The first-order valence-electron chi connectivity index (χ1n) is 16.6. The van der Waals surface area contributed by atoms with Crippen LogP contribution in [0.2, 0.25) is 0 Å². The second kappa shape index (κ2) is 10.8. The molecule has 0 N–H and O–H groups in total. The zero-order chi connectivity index (χ0) is 32.5. The molecule has 0 atom stereocenters. The van der Waals surface area contributed by atoms with Crippen LogP contribution >= 0.6 is 0 Å². The van der Waals surface area contributed by atoms with Gasteiger partial charge in [0.2, 0.25) is 0 Å². The fourth-order valence-corrected chi connectivity index (χ4v) is 7.72. The molecule has 0 unspecified atom stereocenters. The van der Waals surface area contributed by atoms with Crippen LogP contribution in [-0.2, 0) is 6.54 Å². The minimum atomic E-state index is 0.476. The predicted molar refractivity (Wildman–Crippen MR) is 206 cm³/mol. The zero-order valence-corrected chi connectivity index (χ0v) is 26.7. The quantitative estimate of drug-likeness (QED) is 0.188. The number of benzene rings is 6. The summed E-state index contributed by atoms with van der Waals surface area (Å²) in [7, 11) is 0. The number of para-hydroxylation sites is 3. The molecule has 0 spiro atoms. The lowest BCUT2D eigenvalue weighted by molar-refractivity contribution is 0.995. The van der Waals surface area contributed by atoms with Crippen molar-refractivity contribution in [2.45, 2.75) is 6.54 Å². The monoisotopic (exact) mass is 626 g/mol. The van der Waals surface area contributed by atoms with E-state index in [0.717, 1.165) is 50.2 Å². The van der Waals surface area contributed by atoms with Gasteiger partial charge >= 0.3 is 0 Å². The molecule has 230 valence electrons. The van der Waals surface area contributed by atoms with E-state index in [9.17, 15) is 0 Å². The summed E-state index contributed by atoms with van der Waals surface area (Å²) in [5.41, 5.74) is 11.2. The van der Waals surface area contributed by atoms with Crippen LogP contribution in [0.1, 0.15) is 11.3 Å². The normalized spacial score (nSPS) is 14.0. The SMILES string of the molecule is C=C1/C=C\C(n2c3ccccc3c3cc(-c4ccc5c(c4)c4ccccc4n5-c4ccccc4)ccc32)=NCc2nccc3cccc1c23. The predicted octanol–water partition coefficient (Wildman–Crippen LogP) is 11.1. The van der Waals surface area contributed by atoms with Crippen LogP contribution in [0.25, 0.3) is 76.8 Å². The molecule has 0 amide bonds. The molecular weight excluding hydrogens is 597 g/mol. The number of rotatable bonds is 2. The molecule has 4 nitrogen and oxygen atoms in total. The highest BCUT2D eigenvalue weighted by Gasteiger charge is 2.18. The van der Waals surface area contributed by atoms with Crippen molar-refractivity contribution in [2.75, 3.05) is 0 Å². The van der Waals surface area contributed by atoms with Gasteiger partial charge in [0.05, 0.1) is 34.3 Å². The van der Waals surface area contributed by atoms with Crippen LogP contribution in [0.4, 0.5) is 0 Å². The van der Waals surface area contributed by atoms with Gasteiger partial charge in [0.25, 0.3) is 0 Å². The Morgan fingerprint density at radius 3 is 1.90 bits per heavy atom. The second-order valence-electron chi connectivity index (χ2n) is 12.7. The van der Waals surface area contributed by atoms with Crippen molar-refractivity contribution in [2.24, 2.45) is 4.99 Å². The Morgan fingerprint density at radius 1 is 0.531 bits per heavy atom. The van der Waals surface area contributed by atoms with Gasteiger partial charge in [-0.25, -0.2) is 0 Å². The molecule has 0 saturated carbocycles. The van der Waals surface area contributed by atoms with Gasteiger partial charge in [-0.05, 0) is 88.3 Å². The van der Waals surface area contributed by atoms with E-state index in [2.05, 4.69) is 167 Å². The maximum atomic E-state index is 5.20. The number of fused-ring (bicyclic) bond motifs is 6. The first-order valence-corrected chi connectivity index (χ1v) is 16.6. The van der Waals surface area contributed by atoms with E-state index in [0.29, 0.717) is 6.54 Å². The summed E-state index contributed by atoms with van der Waals surface area (Å²) < 4.78 is 4.64. The van der Waals surface area contributed by atoms with Crippen molar-refractivity contribution >= 4 is 65.8 Å². The van der Waals surface area contributed by atoms with Crippen LogP contribution in [-0.4, -0.2) is 20.0 Å². The molecule has 10 rings (SSSR count). The summed E-state index contributed by atoms with van der Waals surface area (Å²) >= 11 is 0. The van der Waals surface area contributed by atoms with Gasteiger partial charge in [0.15, 0.2) is 0 Å². The smallest absolute Gasteiger partial charge is 0.133 e. The summed E-state index contributed by atoms with van der Waals surface area (Å²) in [4.78, 5) is 9.98. The molecule has 0 saturated heterocycles. The van der Waals surface area contributed by atoms with E-state index >= 15 is 0 Å². The van der Waals surface area contributed by atoms with Gasteiger partial charge in [-0.1, -0.05) is 97.6 Å².